The normalized spacial score (nSPS) is 39.8. The van der Waals surface area contributed by atoms with Crippen molar-refractivity contribution in [3.05, 3.63) is 0 Å². The van der Waals surface area contributed by atoms with Crippen LogP contribution in [-0.4, -0.2) is 21.0 Å². The van der Waals surface area contributed by atoms with Gasteiger partial charge in [0.25, 0.3) is 0 Å². The Labute approximate surface area is 77.1 Å². The van der Waals surface area contributed by atoms with Crippen molar-refractivity contribution in [3.63, 3.8) is 0 Å². The molecule has 12 heavy (non-hydrogen) atoms. The van der Waals surface area contributed by atoms with Crippen molar-refractivity contribution in [2.75, 3.05) is 0 Å². The van der Waals surface area contributed by atoms with E-state index in [4.69, 9.17) is 4.74 Å². The van der Waals surface area contributed by atoms with Crippen molar-refractivity contribution in [3.8, 4) is 0 Å². The summed E-state index contributed by atoms with van der Waals surface area (Å²) in [5, 5.41) is 0. The van der Waals surface area contributed by atoms with Gasteiger partial charge in [0.05, 0.1) is 12.2 Å². The van der Waals surface area contributed by atoms with E-state index in [1.807, 2.05) is 0 Å². The van der Waals surface area contributed by atoms with Crippen LogP contribution in [0, 0.1) is 5.92 Å². The minimum atomic E-state index is -0.289. The van der Waals surface area contributed by atoms with Crippen molar-refractivity contribution >= 4 is 8.80 Å². The summed E-state index contributed by atoms with van der Waals surface area (Å²) in [7, 11) is -0.289. The van der Waals surface area contributed by atoms with Crippen LogP contribution in [0.25, 0.3) is 0 Å². The van der Waals surface area contributed by atoms with Crippen molar-refractivity contribution in [1.82, 2.24) is 0 Å². The van der Waals surface area contributed by atoms with Gasteiger partial charge in [0.2, 0.25) is 0 Å². The Kier molecular flexibility index (Phi) is 2.56. The lowest BCUT2D eigenvalue weighted by Crippen LogP contribution is -2.14. The third-order valence-electron chi connectivity index (χ3n) is 3.26. The van der Waals surface area contributed by atoms with Crippen molar-refractivity contribution in [2.45, 2.75) is 57.0 Å². The maximum absolute atomic E-state index is 5.53. The Bertz CT molecular complexity index is 158. The number of rotatable bonds is 3. The zero-order chi connectivity index (χ0) is 8.55. The molecule has 0 N–H and O–H groups in total. The maximum Gasteiger partial charge on any atom is 0.0844 e. The summed E-state index contributed by atoms with van der Waals surface area (Å²) in [6, 6.07) is 1.54. The van der Waals surface area contributed by atoms with E-state index in [2.05, 4.69) is 13.1 Å². The number of hydrogen-bond acceptors (Lipinski definition) is 1. The van der Waals surface area contributed by atoms with Crippen LogP contribution >= 0.6 is 0 Å². The van der Waals surface area contributed by atoms with Gasteiger partial charge in [0.1, 0.15) is 0 Å². The first-order valence-corrected chi connectivity index (χ1v) is 8.53. The first-order chi connectivity index (χ1) is 5.75. The van der Waals surface area contributed by atoms with E-state index >= 15 is 0 Å². The zero-order valence-electron chi connectivity index (χ0n) is 8.25. The summed E-state index contributed by atoms with van der Waals surface area (Å²) in [4.78, 5) is 0. The van der Waals surface area contributed by atoms with E-state index in [-0.39, 0.29) is 8.80 Å². The highest BCUT2D eigenvalue weighted by atomic mass is 28.3. The molecular weight excluding hydrogens is 164 g/mol. The summed E-state index contributed by atoms with van der Waals surface area (Å²) in [5.74, 6) is 1.02. The summed E-state index contributed by atoms with van der Waals surface area (Å²) in [5.41, 5.74) is 0. The minimum Gasteiger partial charge on any atom is -0.370 e. The average molecular weight is 184 g/mol. The molecular formula is C10H20OSi. The predicted octanol–water partition coefficient (Wildman–Crippen LogP) is 2.43. The fraction of sp³-hybridized carbons (Fsp3) is 1.00. The molecule has 1 aliphatic heterocycles. The van der Waals surface area contributed by atoms with Crippen molar-refractivity contribution in [2.24, 2.45) is 5.92 Å². The van der Waals surface area contributed by atoms with Crippen LogP contribution in [0.1, 0.15) is 25.7 Å². The maximum atomic E-state index is 5.53. The molecule has 3 atom stereocenters. The largest absolute Gasteiger partial charge is 0.370 e. The van der Waals surface area contributed by atoms with Gasteiger partial charge in [-0.2, -0.15) is 0 Å². The second-order valence-electron chi connectivity index (χ2n) is 4.86. The van der Waals surface area contributed by atoms with Gasteiger partial charge < -0.3 is 4.74 Å². The molecule has 2 aliphatic rings. The molecule has 3 unspecified atom stereocenters. The third-order valence-corrected chi connectivity index (χ3v) is 4.75. The van der Waals surface area contributed by atoms with E-state index in [1.165, 1.54) is 25.7 Å². The number of epoxide rings is 1. The van der Waals surface area contributed by atoms with E-state index in [0.717, 1.165) is 5.92 Å². The molecule has 70 valence electrons. The molecule has 1 saturated heterocycles. The molecule has 1 heterocycles. The van der Waals surface area contributed by atoms with Crippen LogP contribution in [0.3, 0.4) is 0 Å². The molecule has 0 amide bonds. The quantitative estimate of drug-likeness (QED) is 0.485. The summed E-state index contributed by atoms with van der Waals surface area (Å²) in [6.45, 7) is 4.92. The molecule has 0 aromatic heterocycles. The molecule has 2 heteroatoms. The first-order valence-electron chi connectivity index (χ1n) is 5.41. The van der Waals surface area contributed by atoms with Gasteiger partial charge in [-0.3, -0.25) is 0 Å². The number of fused-ring (bicyclic) bond motifs is 1. The standard InChI is InChI=1S/C10H20OSi/c1-12(2)6-5-8-3-4-9-10(7-8)11-9/h8-10,12H,3-7H2,1-2H3. The minimum absolute atomic E-state index is 0.289. The van der Waals surface area contributed by atoms with E-state index in [1.54, 1.807) is 6.04 Å². The van der Waals surface area contributed by atoms with Crippen molar-refractivity contribution < 1.29 is 4.74 Å². The fourth-order valence-corrected chi connectivity index (χ4v) is 3.46. The number of ether oxygens (including phenoxy) is 1. The van der Waals surface area contributed by atoms with Crippen LogP contribution in [0.15, 0.2) is 0 Å². The first kappa shape index (κ1) is 8.76. The van der Waals surface area contributed by atoms with Crippen molar-refractivity contribution in [1.29, 1.82) is 0 Å². The van der Waals surface area contributed by atoms with Crippen LogP contribution in [0.4, 0.5) is 0 Å². The lowest BCUT2D eigenvalue weighted by Gasteiger charge is -2.19. The highest BCUT2D eigenvalue weighted by molar-refractivity contribution is 6.55. The van der Waals surface area contributed by atoms with E-state index < -0.39 is 0 Å². The molecule has 2 fully saturated rings. The molecule has 0 bridgehead atoms. The van der Waals surface area contributed by atoms with Gasteiger partial charge in [-0.1, -0.05) is 25.6 Å². The summed E-state index contributed by atoms with van der Waals surface area (Å²) in [6.07, 6.45) is 7.06. The average Bonchev–Trinajstić information content (AvgIpc) is 2.78. The van der Waals surface area contributed by atoms with E-state index in [9.17, 15) is 0 Å². The monoisotopic (exact) mass is 184 g/mol. The van der Waals surface area contributed by atoms with Crippen LogP contribution < -0.4 is 0 Å². The predicted molar refractivity (Wildman–Crippen MR) is 54.3 cm³/mol. The van der Waals surface area contributed by atoms with Crippen LogP contribution in [0.5, 0.6) is 0 Å². The van der Waals surface area contributed by atoms with Gasteiger partial charge in [-0.05, 0) is 25.2 Å². The summed E-state index contributed by atoms with van der Waals surface area (Å²) < 4.78 is 5.53. The topological polar surface area (TPSA) is 12.5 Å². The van der Waals surface area contributed by atoms with Gasteiger partial charge in [0, 0.05) is 8.80 Å². The van der Waals surface area contributed by atoms with Gasteiger partial charge >= 0.3 is 0 Å². The zero-order valence-corrected chi connectivity index (χ0v) is 9.41. The fourth-order valence-electron chi connectivity index (χ4n) is 2.32. The molecule has 1 nitrogen and oxygen atoms in total. The highest BCUT2D eigenvalue weighted by Gasteiger charge is 2.43. The van der Waals surface area contributed by atoms with Gasteiger partial charge in [-0.25, -0.2) is 0 Å². The third kappa shape index (κ3) is 2.11. The van der Waals surface area contributed by atoms with Crippen LogP contribution in [-0.2, 0) is 4.74 Å². The summed E-state index contributed by atoms with van der Waals surface area (Å²) >= 11 is 0. The molecule has 2 rings (SSSR count). The smallest absolute Gasteiger partial charge is 0.0844 e. The Balaban J connectivity index is 1.67. The molecule has 0 aromatic rings. The Hall–Kier alpha value is 0.177. The highest BCUT2D eigenvalue weighted by Crippen LogP contribution is 2.41. The molecule has 1 aliphatic carbocycles. The Morgan fingerprint density at radius 1 is 1.25 bits per heavy atom. The molecule has 1 saturated carbocycles. The second kappa shape index (κ2) is 3.50. The molecule has 0 spiro atoms. The number of hydrogen-bond donors (Lipinski definition) is 0. The Morgan fingerprint density at radius 2 is 2.08 bits per heavy atom. The van der Waals surface area contributed by atoms with Crippen LogP contribution in [0.2, 0.25) is 19.1 Å². The molecule has 0 aromatic carbocycles. The van der Waals surface area contributed by atoms with E-state index in [0.29, 0.717) is 12.2 Å². The lowest BCUT2D eigenvalue weighted by molar-refractivity contribution is 0.357. The Morgan fingerprint density at radius 3 is 2.75 bits per heavy atom. The van der Waals surface area contributed by atoms with Gasteiger partial charge in [-0.15, -0.1) is 0 Å². The molecule has 0 radical (unpaired) electrons. The second-order valence-corrected chi connectivity index (χ2v) is 8.23. The lowest BCUT2D eigenvalue weighted by atomic mass is 9.88. The van der Waals surface area contributed by atoms with Gasteiger partial charge in [0.15, 0.2) is 0 Å². The SMILES string of the molecule is C[SiH](C)CCC1CCC2OC2C1.